The molecule has 0 spiro atoms. The molecular weight excluding hydrogens is 286 g/mol. The van der Waals surface area contributed by atoms with Crippen molar-refractivity contribution in [3.63, 3.8) is 0 Å². The Labute approximate surface area is 138 Å². The van der Waals surface area contributed by atoms with Crippen molar-refractivity contribution in [2.24, 2.45) is 0 Å². The monoisotopic (exact) mass is 311 g/mol. The van der Waals surface area contributed by atoms with Crippen LogP contribution in [0.3, 0.4) is 0 Å². The zero-order chi connectivity index (χ0) is 15.9. The molecule has 2 atom stereocenters. The topological polar surface area (TPSA) is 21.7 Å². The SMILES string of the molecule is COCC(c1ccccc1)C1CN(Cc2ccccc2)CCO1. The minimum absolute atomic E-state index is 0.176. The first-order valence-corrected chi connectivity index (χ1v) is 8.28. The molecule has 1 saturated heterocycles. The molecule has 0 aliphatic carbocycles. The van der Waals surface area contributed by atoms with Gasteiger partial charge in [-0.25, -0.2) is 0 Å². The Morgan fingerprint density at radius 1 is 1.09 bits per heavy atom. The van der Waals surface area contributed by atoms with E-state index in [-0.39, 0.29) is 12.0 Å². The van der Waals surface area contributed by atoms with Crippen molar-refractivity contribution in [2.75, 3.05) is 33.4 Å². The highest BCUT2D eigenvalue weighted by molar-refractivity contribution is 5.21. The summed E-state index contributed by atoms with van der Waals surface area (Å²) in [5, 5.41) is 0. The van der Waals surface area contributed by atoms with Crippen LogP contribution < -0.4 is 0 Å². The van der Waals surface area contributed by atoms with Crippen molar-refractivity contribution in [1.29, 1.82) is 0 Å². The normalized spacial score (nSPS) is 20.3. The van der Waals surface area contributed by atoms with E-state index >= 15 is 0 Å². The Balaban J connectivity index is 1.68. The van der Waals surface area contributed by atoms with Crippen LogP contribution in [0.25, 0.3) is 0 Å². The molecule has 1 heterocycles. The highest BCUT2D eigenvalue weighted by Crippen LogP contribution is 2.25. The van der Waals surface area contributed by atoms with Crippen LogP contribution in [0.5, 0.6) is 0 Å². The van der Waals surface area contributed by atoms with Gasteiger partial charge in [0.05, 0.1) is 19.3 Å². The van der Waals surface area contributed by atoms with Gasteiger partial charge < -0.3 is 9.47 Å². The van der Waals surface area contributed by atoms with Gasteiger partial charge in [0.1, 0.15) is 0 Å². The predicted molar refractivity (Wildman–Crippen MR) is 92.5 cm³/mol. The molecule has 0 amide bonds. The van der Waals surface area contributed by atoms with Crippen molar-refractivity contribution in [3.8, 4) is 0 Å². The maximum absolute atomic E-state index is 6.09. The fourth-order valence-electron chi connectivity index (χ4n) is 3.26. The second-order valence-electron chi connectivity index (χ2n) is 6.10. The molecule has 3 heteroatoms. The zero-order valence-electron chi connectivity index (χ0n) is 13.7. The molecule has 0 N–H and O–H groups in total. The minimum Gasteiger partial charge on any atom is -0.384 e. The smallest absolute Gasteiger partial charge is 0.0793 e. The first-order chi connectivity index (χ1) is 11.4. The van der Waals surface area contributed by atoms with E-state index in [0.717, 1.165) is 26.2 Å². The molecule has 0 aromatic heterocycles. The molecule has 1 aliphatic heterocycles. The van der Waals surface area contributed by atoms with Crippen molar-refractivity contribution >= 4 is 0 Å². The lowest BCUT2D eigenvalue weighted by Gasteiger charge is -2.37. The van der Waals surface area contributed by atoms with Gasteiger partial charge in [-0.2, -0.15) is 0 Å². The summed E-state index contributed by atoms with van der Waals surface area (Å²) in [6, 6.07) is 21.2. The summed E-state index contributed by atoms with van der Waals surface area (Å²) in [5.41, 5.74) is 2.65. The van der Waals surface area contributed by atoms with E-state index in [1.54, 1.807) is 7.11 Å². The molecule has 2 aromatic carbocycles. The first kappa shape index (κ1) is 16.2. The zero-order valence-corrected chi connectivity index (χ0v) is 13.7. The van der Waals surface area contributed by atoms with Gasteiger partial charge in [0, 0.05) is 32.7 Å². The molecule has 0 radical (unpaired) electrons. The quantitative estimate of drug-likeness (QED) is 0.817. The lowest BCUT2D eigenvalue weighted by atomic mass is 9.93. The van der Waals surface area contributed by atoms with Crippen LogP contribution in [0.4, 0.5) is 0 Å². The molecule has 1 fully saturated rings. The predicted octanol–water partition coefficient (Wildman–Crippen LogP) is 3.32. The van der Waals surface area contributed by atoms with Gasteiger partial charge in [0.25, 0.3) is 0 Å². The number of nitrogens with zero attached hydrogens (tertiary/aromatic N) is 1. The number of morpholine rings is 1. The summed E-state index contributed by atoms with van der Waals surface area (Å²) in [6.07, 6.45) is 0.176. The van der Waals surface area contributed by atoms with E-state index < -0.39 is 0 Å². The Hall–Kier alpha value is -1.68. The fraction of sp³-hybridized carbons (Fsp3) is 0.400. The molecule has 2 aromatic rings. The van der Waals surface area contributed by atoms with Crippen molar-refractivity contribution in [2.45, 2.75) is 18.6 Å². The van der Waals surface area contributed by atoms with Gasteiger partial charge in [-0.15, -0.1) is 0 Å². The number of methoxy groups -OCH3 is 1. The summed E-state index contributed by atoms with van der Waals surface area (Å²) in [5.74, 6) is 0.278. The third kappa shape index (κ3) is 4.41. The molecule has 3 nitrogen and oxygen atoms in total. The average molecular weight is 311 g/mol. The highest BCUT2D eigenvalue weighted by atomic mass is 16.5. The van der Waals surface area contributed by atoms with Gasteiger partial charge in [-0.1, -0.05) is 60.7 Å². The molecule has 2 unspecified atom stereocenters. The Morgan fingerprint density at radius 2 is 1.78 bits per heavy atom. The third-order valence-corrected chi connectivity index (χ3v) is 4.45. The van der Waals surface area contributed by atoms with Crippen LogP contribution in [0, 0.1) is 0 Å². The van der Waals surface area contributed by atoms with Gasteiger partial charge in [0.15, 0.2) is 0 Å². The number of rotatable bonds is 6. The van der Waals surface area contributed by atoms with Crippen LogP contribution in [-0.4, -0.2) is 44.4 Å². The molecule has 122 valence electrons. The molecule has 0 saturated carbocycles. The molecular formula is C20H25NO2. The summed E-state index contributed by atoms with van der Waals surface area (Å²) >= 11 is 0. The molecule has 1 aliphatic rings. The van der Waals surface area contributed by atoms with Crippen LogP contribution in [0.15, 0.2) is 60.7 Å². The van der Waals surface area contributed by atoms with E-state index in [4.69, 9.17) is 9.47 Å². The summed E-state index contributed by atoms with van der Waals surface area (Å²) in [4.78, 5) is 2.48. The lowest BCUT2D eigenvalue weighted by molar-refractivity contribution is -0.0551. The van der Waals surface area contributed by atoms with Crippen LogP contribution in [-0.2, 0) is 16.0 Å². The Morgan fingerprint density at radius 3 is 2.48 bits per heavy atom. The maximum atomic E-state index is 6.09. The maximum Gasteiger partial charge on any atom is 0.0793 e. The second-order valence-corrected chi connectivity index (χ2v) is 6.10. The van der Waals surface area contributed by atoms with Crippen molar-refractivity contribution in [1.82, 2.24) is 4.90 Å². The van der Waals surface area contributed by atoms with Crippen LogP contribution >= 0.6 is 0 Å². The second kappa shape index (κ2) is 8.25. The molecule has 3 rings (SSSR count). The van der Waals surface area contributed by atoms with E-state index in [9.17, 15) is 0 Å². The van der Waals surface area contributed by atoms with Crippen LogP contribution in [0.1, 0.15) is 17.0 Å². The van der Waals surface area contributed by atoms with E-state index in [0.29, 0.717) is 6.61 Å². The number of hydrogen-bond acceptors (Lipinski definition) is 3. The molecule has 23 heavy (non-hydrogen) atoms. The third-order valence-electron chi connectivity index (χ3n) is 4.45. The largest absolute Gasteiger partial charge is 0.384 e. The summed E-state index contributed by atoms with van der Waals surface area (Å²) in [7, 11) is 1.76. The minimum atomic E-state index is 0.176. The van der Waals surface area contributed by atoms with Crippen molar-refractivity contribution < 1.29 is 9.47 Å². The van der Waals surface area contributed by atoms with E-state index in [1.165, 1.54) is 11.1 Å². The summed E-state index contributed by atoms with van der Waals surface area (Å²) < 4.78 is 11.6. The Bertz CT molecular complexity index is 573. The van der Waals surface area contributed by atoms with Gasteiger partial charge in [-0.05, 0) is 11.1 Å². The average Bonchev–Trinajstić information content (AvgIpc) is 2.61. The van der Waals surface area contributed by atoms with Gasteiger partial charge in [0.2, 0.25) is 0 Å². The van der Waals surface area contributed by atoms with Crippen molar-refractivity contribution in [3.05, 3.63) is 71.8 Å². The lowest BCUT2D eigenvalue weighted by Crippen LogP contribution is -2.45. The highest BCUT2D eigenvalue weighted by Gasteiger charge is 2.29. The fourth-order valence-corrected chi connectivity index (χ4v) is 3.26. The van der Waals surface area contributed by atoms with E-state index in [1.807, 2.05) is 0 Å². The number of hydrogen-bond donors (Lipinski definition) is 0. The van der Waals surface area contributed by atoms with Gasteiger partial charge >= 0.3 is 0 Å². The van der Waals surface area contributed by atoms with E-state index in [2.05, 4.69) is 65.6 Å². The standard InChI is InChI=1S/C20H25NO2/c1-22-16-19(18-10-6-3-7-11-18)20-15-21(12-13-23-20)14-17-8-4-2-5-9-17/h2-11,19-20H,12-16H2,1H3. The van der Waals surface area contributed by atoms with Gasteiger partial charge in [-0.3, -0.25) is 4.90 Å². The summed E-state index contributed by atoms with van der Waals surface area (Å²) in [6.45, 7) is 4.38. The first-order valence-electron chi connectivity index (χ1n) is 8.28. The number of benzene rings is 2. The van der Waals surface area contributed by atoms with Crippen LogP contribution in [0.2, 0.25) is 0 Å². The molecule has 0 bridgehead atoms. The number of ether oxygens (including phenoxy) is 2. The Kier molecular flexibility index (Phi) is 5.81.